The number of rotatable bonds is 4. The first-order valence-electron chi connectivity index (χ1n) is 7.08. The number of nitrogens with zero attached hydrogens (tertiary/aromatic N) is 2. The van der Waals surface area contributed by atoms with Crippen molar-refractivity contribution >= 4 is 34.7 Å². The zero-order chi connectivity index (χ0) is 18.0. The third-order valence-electron chi connectivity index (χ3n) is 3.69. The van der Waals surface area contributed by atoms with Crippen LogP contribution in [0.15, 0.2) is 29.5 Å². The van der Waals surface area contributed by atoms with Gasteiger partial charge in [0.05, 0.1) is 23.6 Å². The normalized spacial score (nSPS) is 17.0. The molecular weight excluding hydrogens is 332 g/mol. The number of hydrogen-bond donors (Lipinski definition) is 2. The van der Waals surface area contributed by atoms with E-state index in [0.29, 0.717) is 27.6 Å². The van der Waals surface area contributed by atoms with E-state index in [0.717, 1.165) is 0 Å². The molecule has 1 aliphatic heterocycles. The Morgan fingerprint density at radius 1 is 1.42 bits per heavy atom. The second-order valence-electron chi connectivity index (χ2n) is 5.46. The average Bonchev–Trinajstić information content (AvgIpc) is 2.52. The van der Waals surface area contributed by atoms with E-state index in [-0.39, 0.29) is 5.69 Å². The Morgan fingerprint density at radius 3 is 2.62 bits per heavy atom. The molecule has 9 heteroatoms. The maximum atomic E-state index is 12.1. The van der Waals surface area contributed by atoms with Crippen molar-refractivity contribution in [1.29, 1.82) is 0 Å². The van der Waals surface area contributed by atoms with Crippen LogP contribution < -0.4 is 15.5 Å². The highest BCUT2D eigenvalue weighted by molar-refractivity contribution is 7.80. The summed E-state index contributed by atoms with van der Waals surface area (Å²) in [5, 5.41) is 17.6. The van der Waals surface area contributed by atoms with Crippen molar-refractivity contribution in [3.05, 3.63) is 45.1 Å². The SMILES string of the molecule is COC(=O)C1=C(C)NC(=S)N[C@@H]1c1ccc(N(C)C)c([N+](=O)[O-])c1. The number of carbonyl (C=O) groups excluding carboxylic acids is 1. The van der Waals surface area contributed by atoms with Gasteiger partial charge in [-0.2, -0.15) is 0 Å². The molecule has 0 bridgehead atoms. The van der Waals surface area contributed by atoms with E-state index in [9.17, 15) is 14.9 Å². The summed E-state index contributed by atoms with van der Waals surface area (Å²) < 4.78 is 4.82. The lowest BCUT2D eigenvalue weighted by molar-refractivity contribution is -0.384. The summed E-state index contributed by atoms with van der Waals surface area (Å²) in [4.78, 5) is 24.7. The fraction of sp³-hybridized carbons (Fsp3) is 0.333. The summed E-state index contributed by atoms with van der Waals surface area (Å²) >= 11 is 5.14. The zero-order valence-corrected chi connectivity index (χ0v) is 14.6. The van der Waals surface area contributed by atoms with Crippen LogP contribution in [0.25, 0.3) is 0 Å². The van der Waals surface area contributed by atoms with Gasteiger partial charge in [-0.05, 0) is 30.8 Å². The van der Waals surface area contributed by atoms with Crippen molar-refractivity contribution in [3.8, 4) is 0 Å². The maximum Gasteiger partial charge on any atom is 0.337 e. The van der Waals surface area contributed by atoms with Crippen molar-refractivity contribution < 1.29 is 14.5 Å². The van der Waals surface area contributed by atoms with E-state index < -0.39 is 16.9 Å². The minimum atomic E-state index is -0.624. The fourth-order valence-corrected chi connectivity index (χ4v) is 2.84. The van der Waals surface area contributed by atoms with Gasteiger partial charge in [0.1, 0.15) is 5.69 Å². The van der Waals surface area contributed by atoms with E-state index in [4.69, 9.17) is 17.0 Å². The molecule has 1 aliphatic rings. The van der Waals surface area contributed by atoms with Crippen LogP contribution in [-0.2, 0) is 9.53 Å². The van der Waals surface area contributed by atoms with Gasteiger partial charge in [0.15, 0.2) is 5.11 Å². The minimum Gasteiger partial charge on any atom is -0.466 e. The van der Waals surface area contributed by atoms with Crippen LogP contribution in [-0.4, -0.2) is 37.2 Å². The minimum absolute atomic E-state index is 0.0504. The number of carbonyl (C=O) groups is 1. The fourth-order valence-electron chi connectivity index (χ4n) is 2.57. The number of anilines is 1. The number of thiocarbonyl (C=S) groups is 1. The second kappa shape index (κ2) is 6.83. The largest absolute Gasteiger partial charge is 0.466 e. The predicted octanol–water partition coefficient (Wildman–Crippen LogP) is 1.63. The number of nitrogens with one attached hydrogen (secondary N) is 2. The van der Waals surface area contributed by atoms with Crippen molar-refractivity contribution in [2.24, 2.45) is 0 Å². The van der Waals surface area contributed by atoms with E-state index >= 15 is 0 Å². The molecule has 0 fully saturated rings. The van der Waals surface area contributed by atoms with Gasteiger partial charge in [0, 0.05) is 25.9 Å². The summed E-state index contributed by atoms with van der Waals surface area (Å²) in [6.45, 7) is 1.70. The summed E-state index contributed by atoms with van der Waals surface area (Å²) in [6, 6.07) is 4.19. The first kappa shape index (κ1) is 17.7. The molecule has 1 heterocycles. The molecule has 24 heavy (non-hydrogen) atoms. The number of hydrogen-bond acceptors (Lipinski definition) is 6. The van der Waals surface area contributed by atoms with E-state index in [1.54, 1.807) is 38.1 Å². The highest BCUT2D eigenvalue weighted by Crippen LogP contribution is 2.34. The van der Waals surface area contributed by atoms with Gasteiger partial charge < -0.3 is 20.3 Å². The molecule has 1 aromatic carbocycles. The smallest absolute Gasteiger partial charge is 0.337 e. The molecule has 0 amide bonds. The van der Waals surface area contributed by atoms with Crippen LogP contribution >= 0.6 is 12.2 Å². The van der Waals surface area contributed by atoms with Crippen molar-refractivity contribution in [2.75, 3.05) is 26.1 Å². The lowest BCUT2D eigenvalue weighted by Gasteiger charge is -2.29. The number of esters is 1. The average molecular weight is 350 g/mol. The number of nitro benzene ring substituents is 1. The van der Waals surface area contributed by atoms with Gasteiger partial charge in [0.25, 0.3) is 5.69 Å². The van der Waals surface area contributed by atoms with Crippen molar-refractivity contribution in [2.45, 2.75) is 13.0 Å². The Kier molecular flexibility index (Phi) is 5.03. The monoisotopic (exact) mass is 350 g/mol. The van der Waals surface area contributed by atoms with Crippen molar-refractivity contribution in [1.82, 2.24) is 10.6 Å². The quantitative estimate of drug-likeness (QED) is 0.366. The van der Waals surface area contributed by atoms with Crippen LogP contribution in [0.5, 0.6) is 0 Å². The molecule has 2 rings (SSSR count). The molecule has 0 saturated carbocycles. The van der Waals surface area contributed by atoms with Crippen LogP contribution in [0.1, 0.15) is 18.5 Å². The van der Waals surface area contributed by atoms with Crippen molar-refractivity contribution in [3.63, 3.8) is 0 Å². The summed E-state index contributed by atoms with van der Waals surface area (Å²) in [6.07, 6.45) is 0. The lowest BCUT2D eigenvalue weighted by atomic mass is 9.95. The van der Waals surface area contributed by atoms with Crippen LogP contribution in [0.4, 0.5) is 11.4 Å². The molecule has 8 nitrogen and oxygen atoms in total. The predicted molar refractivity (Wildman–Crippen MR) is 93.7 cm³/mol. The van der Waals surface area contributed by atoms with Gasteiger partial charge in [-0.1, -0.05) is 6.07 Å². The third-order valence-corrected chi connectivity index (χ3v) is 3.91. The molecule has 0 saturated heterocycles. The second-order valence-corrected chi connectivity index (χ2v) is 5.87. The standard InChI is InChI=1S/C15H18N4O4S/c1-8-12(14(20)23-4)13(17-15(24)16-8)9-5-6-10(18(2)3)11(7-9)19(21)22/h5-7,13H,1-4H3,(H2,16,17,24)/t13-/m1/s1. The molecule has 2 N–H and O–H groups in total. The molecule has 128 valence electrons. The first-order valence-corrected chi connectivity index (χ1v) is 7.49. The van der Waals surface area contributed by atoms with E-state index in [1.807, 2.05) is 0 Å². The van der Waals surface area contributed by atoms with Gasteiger partial charge in [-0.15, -0.1) is 0 Å². The summed E-state index contributed by atoms with van der Waals surface area (Å²) in [7, 11) is 4.73. The van der Waals surface area contributed by atoms with Gasteiger partial charge in [0.2, 0.25) is 0 Å². The molecule has 0 aliphatic carbocycles. The van der Waals surface area contributed by atoms with Gasteiger partial charge in [-0.25, -0.2) is 4.79 Å². The molecular formula is C15H18N4O4S. The molecule has 0 aromatic heterocycles. The highest BCUT2D eigenvalue weighted by atomic mass is 32.1. The van der Waals surface area contributed by atoms with E-state index in [2.05, 4.69) is 10.6 Å². The third kappa shape index (κ3) is 3.30. The number of methoxy groups -OCH3 is 1. The lowest BCUT2D eigenvalue weighted by Crippen LogP contribution is -2.45. The Balaban J connectivity index is 2.58. The molecule has 0 unspecified atom stereocenters. The molecule has 1 atom stereocenters. The molecule has 0 spiro atoms. The number of benzene rings is 1. The van der Waals surface area contributed by atoms with Gasteiger partial charge >= 0.3 is 5.97 Å². The molecule has 1 aromatic rings. The number of ether oxygens (including phenoxy) is 1. The zero-order valence-electron chi connectivity index (χ0n) is 13.7. The van der Waals surface area contributed by atoms with E-state index in [1.165, 1.54) is 13.2 Å². The number of nitro groups is 1. The summed E-state index contributed by atoms with van der Waals surface area (Å²) in [5.41, 5.74) is 1.86. The van der Waals surface area contributed by atoms with Gasteiger partial charge in [-0.3, -0.25) is 10.1 Å². The Labute approximate surface area is 144 Å². The van der Waals surface area contributed by atoms with Crippen LogP contribution in [0.3, 0.4) is 0 Å². The Hall–Kier alpha value is -2.68. The topological polar surface area (TPSA) is 96.7 Å². The number of allylic oxidation sites excluding steroid dienone is 1. The molecule has 0 radical (unpaired) electrons. The Bertz CT molecular complexity index is 745. The maximum absolute atomic E-state index is 12.1. The van der Waals surface area contributed by atoms with Crippen LogP contribution in [0.2, 0.25) is 0 Å². The first-order chi connectivity index (χ1) is 11.3. The Morgan fingerprint density at radius 2 is 2.08 bits per heavy atom. The summed E-state index contributed by atoms with van der Waals surface area (Å²) in [5.74, 6) is -0.528. The van der Waals surface area contributed by atoms with Crippen LogP contribution in [0, 0.1) is 10.1 Å². The highest BCUT2D eigenvalue weighted by Gasteiger charge is 2.32.